The SMILES string of the molecule is CC(C)(C)O.CC(C)(C)O.CC(C)(C)O.[Li]. The Morgan fingerprint density at radius 3 is 0.438 bits per heavy atom. The van der Waals surface area contributed by atoms with Crippen LogP contribution in [0.15, 0.2) is 0 Å². The van der Waals surface area contributed by atoms with Gasteiger partial charge in [-0.2, -0.15) is 0 Å². The van der Waals surface area contributed by atoms with Crippen LogP contribution in [0.3, 0.4) is 0 Å². The quantitative estimate of drug-likeness (QED) is 0.556. The summed E-state index contributed by atoms with van der Waals surface area (Å²) in [6.45, 7) is 15.7. The van der Waals surface area contributed by atoms with Gasteiger partial charge >= 0.3 is 0 Å². The van der Waals surface area contributed by atoms with Crippen molar-refractivity contribution in [1.82, 2.24) is 0 Å². The summed E-state index contributed by atoms with van der Waals surface area (Å²) in [5.41, 5.74) is -1.50. The van der Waals surface area contributed by atoms with Gasteiger partial charge in [0.05, 0.1) is 16.8 Å². The molecule has 16 heavy (non-hydrogen) atoms. The topological polar surface area (TPSA) is 60.7 Å². The van der Waals surface area contributed by atoms with E-state index in [2.05, 4.69) is 0 Å². The van der Waals surface area contributed by atoms with E-state index in [0.717, 1.165) is 0 Å². The summed E-state index contributed by atoms with van der Waals surface area (Å²) in [7, 11) is 0. The Hall–Kier alpha value is 0.477. The maximum Gasteiger partial charge on any atom is 0.0563 e. The van der Waals surface area contributed by atoms with E-state index in [1.54, 1.807) is 62.3 Å². The molecular formula is C12H30LiO3. The van der Waals surface area contributed by atoms with E-state index in [1.807, 2.05) is 0 Å². The van der Waals surface area contributed by atoms with Crippen molar-refractivity contribution in [3.8, 4) is 0 Å². The third kappa shape index (κ3) is 11500. The smallest absolute Gasteiger partial charge is 0.0563 e. The largest absolute Gasteiger partial charge is 0.391 e. The zero-order chi connectivity index (χ0) is 13.5. The molecule has 0 saturated carbocycles. The minimum Gasteiger partial charge on any atom is -0.391 e. The van der Waals surface area contributed by atoms with Gasteiger partial charge in [-0.1, -0.05) is 0 Å². The third-order valence-electron chi connectivity index (χ3n) is 0. The van der Waals surface area contributed by atoms with Gasteiger partial charge in [-0.3, -0.25) is 0 Å². The van der Waals surface area contributed by atoms with Crippen LogP contribution >= 0.6 is 0 Å². The molecule has 0 amide bonds. The summed E-state index contributed by atoms with van der Waals surface area (Å²) in [5.74, 6) is 0. The second-order valence-corrected chi connectivity index (χ2v) is 6.51. The fourth-order valence-corrected chi connectivity index (χ4v) is 0. The summed E-state index contributed by atoms with van der Waals surface area (Å²) in [6, 6.07) is 0. The molecule has 0 aliphatic heterocycles. The van der Waals surface area contributed by atoms with Gasteiger partial charge in [0.25, 0.3) is 0 Å². The van der Waals surface area contributed by atoms with Crippen LogP contribution < -0.4 is 0 Å². The molecule has 0 atom stereocenters. The van der Waals surface area contributed by atoms with Gasteiger partial charge in [0.15, 0.2) is 0 Å². The van der Waals surface area contributed by atoms with Crippen LogP contribution in [0, 0.1) is 0 Å². The van der Waals surface area contributed by atoms with E-state index in [9.17, 15) is 0 Å². The Kier molecular flexibility index (Phi) is 15.1. The molecule has 0 unspecified atom stereocenters. The summed E-state index contributed by atoms with van der Waals surface area (Å²) >= 11 is 0. The van der Waals surface area contributed by atoms with E-state index in [-0.39, 0.29) is 18.9 Å². The van der Waals surface area contributed by atoms with Crippen molar-refractivity contribution in [3.05, 3.63) is 0 Å². The molecule has 0 bridgehead atoms. The first-order valence-corrected chi connectivity index (χ1v) is 5.17. The fraction of sp³-hybridized carbons (Fsp3) is 1.00. The fourth-order valence-electron chi connectivity index (χ4n) is 0. The van der Waals surface area contributed by atoms with Crippen molar-refractivity contribution in [2.24, 2.45) is 0 Å². The average molecular weight is 229 g/mol. The van der Waals surface area contributed by atoms with Crippen LogP contribution in [-0.2, 0) is 0 Å². The molecule has 0 aliphatic carbocycles. The Morgan fingerprint density at radius 2 is 0.438 bits per heavy atom. The minimum absolute atomic E-state index is 0. The Labute approximate surface area is 113 Å². The molecule has 3 nitrogen and oxygen atoms in total. The van der Waals surface area contributed by atoms with Gasteiger partial charge in [0, 0.05) is 18.9 Å². The molecule has 3 N–H and O–H groups in total. The normalized spacial score (nSPS) is 11.2. The molecule has 0 aromatic carbocycles. The van der Waals surface area contributed by atoms with Crippen molar-refractivity contribution in [2.75, 3.05) is 0 Å². The monoisotopic (exact) mass is 229 g/mol. The standard InChI is InChI=1S/3C4H10O.Li/c3*1-4(2,3)5;/h3*5H,1-3H3;. The van der Waals surface area contributed by atoms with Crippen molar-refractivity contribution in [2.45, 2.75) is 79.1 Å². The van der Waals surface area contributed by atoms with E-state index in [4.69, 9.17) is 15.3 Å². The molecular weight excluding hydrogens is 199 g/mol. The number of aliphatic hydroxyl groups is 3. The zero-order valence-electron chi connectivity index (χ0n) is 12.8. The molecule has 0 aromatic heterocycles. The van der Waals surface area contributed by atoms with Gasteiger partial charge in [-0.05, 0) is 62.3 Å². The second kappa shape index (κ2) is 9.50. The summed E-state index contributed by atoms with van der Waals surface area (Å²) in [4.78, 5) is 0. The van der Waals surface area contributed by atoms with Gasteiger partial charge in [0.1, 0.15) is 0 Å². The first kappa shape index (κ1) is 25.4. The molecule has 0 heterocycles. The maximum atomic E-state index is 8.52. The van der Waals surface area contributed by atoms with Crippen LogP contribution in [-0.4, -0.2) is 51.0 Å². The van der Waals surface area contributed by atoms with Crippen LogP contribution in [0.4, 0.5) is 0 Å². The molecule has 4 heteroatoms. The van der Waals surface area contributed by atoms with Crippen molar-refractivity contribution in [3.63, 3.8) is 0 Å². The Balaban J connectivity index is -0.0000000655. The minimum atomic E-state index is -0.500. The molecule has 0 rings (SSSR count). The van der Waals surface area contributed by atoms with Crippen molar-refractivity contribution < 1.29 is 15.3 Å². The van der Waals surface area contributed by atoms with Gasteiger partial charge in [-0.25, -0.2) is 0 Å². The first-order chi connectivity index (χ1) is 6.00. The molecule has 0 aliphatic rings. The molecule has 1 radical (unpaired) electrons. The van der Waals surface area contributed by atoms with E-state index >= 15 is 0 Å². The summed E-state index contributed by atoms with van der Waals surface area (Å²) < 4.78 is 0. The van der Waals surface area contributed by atoms with Crippen LogP contribution in [0.1, 0.15) is 62.3 Å². The molecule has 97 valence electrons. The predicted octanol–water partition coefficient (Wildman–Crippen LogP) is 1.95. The summed E-state index contributed by atoms with van der Waals surface area (Å²) in [6.07, 6.45) is 0. The van der Waals surface area contributed by atoms with E-state index < -0.39 is 16.8 Å². The maximum absolute atomic E-state index is 8.52. The van der Waals surface area contributed by atoms with Crippen molar-refractivity contribution >= 4 is 18.9 Å². The molecule has 0 fully saturated rings. The average Bonchev–Trinajstić information content (AvgIpc) is 1.41. The predicted molar refractivity (Wildman–Crippen MR) is 71.7 cm³/mol. The van der Waals surface area contributed by atoms with E-state index in [0.29, 0.717) is 0 Å². The van der Waals surface area contributed by atoms with Gasteiger partial charge in [0.2, 0.25) is 0 Å². The van der Waals surface area contributed by atoms with Gasteiger partial charge < -0.3 is 15.3 Å². The van der Waals surface area contributed by atoms with Crippen LogP contribution in [0.5, 0.6) is 0 Å². The molecule has 0 saturated heterocycles. The molecule has 0 aromatic rings. The first-order valence-electron chi connectivity index (χ1n) is 5.17. The second-order valence-electron chi connectivity index (χ2n) is 6.51. The zero-order valence-corrected chi connectivity index (χ0v) is 12.8. The van der Waals surface area contributed by atoms with E-state index in [1.165, 1.54) is 0 Å². The third-order valence-corrected chi connectivity index (χ3v) is 0. The number of hydrogen-bond acceptors (Lipinski definition) is 3. The Bertz CT molecular complexity index is 91.3. The van der Waals surface area contributed by atoms with Gasteiger partial charge in [-0.15, -0.1) is 0 Å². The summed E-state index contributed by atoms with van der Waals surface area (Å²) in [5, 5.41) is 25.6. The number of rotatable bonds is 0. The van der Waals surface area contributed by atoms with Crippen molar-refractivity contribution in [1.29, 1.82) is 0 Å². The van der Waals surface area contributed by atoms with Crippen LogP contribution in [0.2, 0.25) is 0 Å². The number of hydrogen-bond donors (Lipinski definition) is 3. The van der Waals surface area contributed by atoms with Crippen LogP contribution in [0.25, 0.3) is 0 Å². The Morgan fingerprint density at radius 1 is 0.438 bits per heavy atom. The molecule has 0 spiro atoms.